The molecule has 0 unspecified atom stereocenters. The average molecular weight is 215 g/mol. The Balaban J connectivity index is 2.03. The van der Waals surface area contributed by atoms with Crippen LogP contribution in [-0.4, -0.2) is 16.2 Å². The van der Waals surface area contributed by atoms with Crippen LogP contribution in [0.2, 0.25) is 0 Å². The van der Waals surface area contributed by atoms with Crippen molar-refractivity contribution in [3.05, 3.63) is 36.3 Å². The number of anilines is 1. The summed E-state index contributed by atoms with van der Waals surface area (Å²) in [6, 6.07) is 7.78. The van der Waals surface area contributed by atoms with Crippen LogP contribution in [0.15, 0.2) is 30.5 Å². The fourth-order valence-corrected chi connectivity index (χ4v) is 1.93. The largest absolute Gasteiger partial charge is 0.399 e. The van der Waals surface area contributed by atoms with Gasteiger partial charge in [0.1, 0.15) is 12.4 Å². The zero-order chi connectivity index (χ0) is 11.0. The van der Waals surface area contributed by atoms with Gasteiger partial charge in [-0.25, -0.2) is 4.98 Å². The maximum absolute atomic E-state index is 5.76. The molecule has 0 fully saturated rings. The first-order valence-electron chi connectivity index (χ1n) is 5.32. The third-order valence-electron chi connectivity index (χ3n) is 2.75. The van der Waals surface area contributed by atoms with Crippen LogP contribution in [0.1, 0.15) is 5.82 Å². The minimum absolute atomic E-state index is 0.600. The van der Waals surface area contributed by atoms with Gasteiger partial charge in [0.2, 0.25) is 0 Å². The monoisotopic (exact) mass is 215 g/mol. The number of aromatic nitrogens is 2. The van der Waals surface area contributed by atoms with E-state index in [4.69, 9.17) is 10.5 Å². The highest BCUT2D eigenvalue weighted by Gasteiger charge is 2.13. The molecule has 2 N–H and O–H groups in total. The Morgan fingerprint density at radius 3 is 3.12 bits per heavy atom. The van der Waals surface area contributed by atoms with E-state index in [1.165, 1.54) is 0 Å². The van der Waals surface area contributed by atoms with Gasteiger partial charge in [-0.15, -0.1) is 0 Å². The number of nitrogens with two attached hydrogens (primary N) is 1. The molecule has 1 aromatic carbocycles. The molecule has 82 valence electrons. The SMILES string of the molecule is Nc1cccc(-c2cn3c(n2)COCC3)c1. The Bertz CT molecular complexity index is 495. The van der Waals surface area contributed by atoms with Crippen molar-refractivity contribution in [1.82, 2.24) is 9.55 Å². The van der Waals surface area contributed by atoms with Gasteiger partial charge >= 0.3 is 0 Å². The van der Waals surface area contributed by atoms with Crippen molar-refractivity contribution in [3.8, 4) is 11.3 Å². The van der Waals surface area contributed by atoms with Crippen LogP contribution in [0.3, 0.4) is 0 Å². The van der Waals surface area contributed by atoms with E-state index in [0.29, 0.717) is 6.61 Å². The van der Waals surface area contributed by atoms with Gasteiger partial charge in [-0.05, 0) is 12.1 Å². The third kappa shape index (κ3) is 1.57. The first-order chi connectivity index (χ1) is 7.83. The van der Waals surface area contributed by atoms with E-state index in [9.17, 15) is 0 Å². The highest BCUT2D eigenvalue weighted by molar-refractivity contribution is 5.63. The molecule has 0 saturated heterocycles. The van der Waals surface area contributed by atoms with E-state index in [-0.39, 0.29) is 0 Å². The van der Waals surface area contributed by atoms with E-state index in [0.717, 1.165) is 35.9 Å². The molecule has 2 heterocycles. The topological polar surface area (TPSA) is 53.1 Å². The van der Waals surface area contributed by atoms with E-state index < -0.39 is 0 Å². The van der Waals surface area contributed by atoms with Crippen molar-refractivity contribution >= 4 is 5.69 Å². The smallest absolute Gasteiger partial charge is 0.135 e. The Labute approximate surface area is 93.7 Å². The first-order valence-corrected chi connectivity index (χ1v) is 5.32. The summed E-state index contributed by atoms with van der Waals surface area (Å²) in [5, 5.41) is 0. The lowest BCUT2D eigenvalue weighted by Gasteiger charge is -2.13. The van der Waals surface area contributed by atoms with E-state index >= 15 is 0 Å². The number of benzene rings is 1. The number of rotatable bonds is 1. The predicted octanol–water partition coefficient (Wildman–Crippen LogP) is 1.66. The number of fused-ring (bicyclic) bond motifs is 1. The summed E-state index contributed by atoms with van der Waals surface area (Å²) in [5.74, 6) is 0.990. The molecule has 2 aromatic rings. The molecule has 0 atom stereocenters. The van der Waals surface area contributed by atoms with E-state index in [2.05, 4.69) is 15.7 Å². The minimum Gasteiger partial charge on any atom is -0.399 e. The molecule has 0 radical (unpaired) electrons. The zero-order valence-electron chi connectivity index (χ0n) is 8.89. The normalized spacial score (nSPS) is 14.8. The van der Waals surface area contributed by atoms with Crippen molar-refractivity contribution in [3.63, 3.8) is 0 Å². The van der Waals surface area contributed by atoms with Crippen LogP contribution < -0.4 is 5.73 Å². The highest BCUT2D eigenvalue weighted by Crippen LogP contribution is 2.22. The zero-order valence-corrected chi connectivity index (χ0v) is 8.89. The summed E-state index contributed by atoms with van der Waals surface area (Å²) in [5.41, 5.74) is 8.55. The standard InChI is InChI=1S/C12H13N3O/c13-10-3-1-2-9(6-10)11-7-15-4-5-16-8-12(15)14-11/h1-3,6-7H,4-5,8,13H2. The molecule has 1 aromatic heterocycles. The maximum Gasteiger partial charge on any atom is 0.135 e. The molecule has 3 rings (SSSR count). The number of ether oxygens (including phenoxy) is 1. The Morgan fingerprint density at radius 1 is 1.38 bits per heavy atom. The molecule has 0 bridgehead atoms. The van der Waals surface area contributed by atoms with Crippen molar-refractivity contribution in [2.75, 3.05) is 12.3 Å². The molecule has 16 heavy (non-hydrogen) atoms. The fraction of sp³-hybridized carbons (Fsp3) is 0.250. The summed E-state index contributed by atoms with van der Waals surface area (Å²) in [6.07, 6.45) is 2.06. The molecule has 1 aliphatic heterocycles. The second kappa shape index (κ2) is 3.64. The lowest BCUT2D eigenvalue weighted by molar-refractivity contribution is 0.0816. The third-order valence-corrected chi connectivity index (χ3v) is 2.75. The molecule has 0 spiro atoms. The second-order valence-corrected chi connectivity index (χ2v) is 3.91. The molecule has 0 amide bonds. The van der Waals surface area contributed by atoms with Crippen LogP contribution in [0.5, 0.6) is 0 Å². The maximum atomic E-state index is 5.76. The van der Waals surface area contributed by atoms with Gasteiger partial charge in [0.15, 0.2) is 0 Å². The Morgan fingerprint density at radius 2 is 2.31 bits per heavy atom. The molecule has 0 aliphatic carbocycles. The molecule has 0 saturated carbocycles. The van der Waals surface area contributed by atoms with Crippen molar-refractivity contribution in [1.29, 1.82) is 0 Å². The lowest BCUT2D eigenvalue weighted by atomic mass is 10.1. The van der Waals surface area contributed by atoms with Crippen LogP contribution in [0.25, 0.3) is 11.3 Å². The number of nitrogen functional groups attached to an aromatic ring is 1. The summed E-state index contributed by atoms with van der Waals surface area (Å²) in [7, 11) is 0. The van der Waals surface area contributed by atoms with Crippen molar-refractivity contribution in [2.45, 2.75) is 13.2 Å². The summed E-state index contributed by atoms with van der Waals surface area (Å²) in [4.78, 5) is 4.54. The predicted molar refractivity (Wildman–Crippen MR) is 61.7 cm³/mol. The van der Waals surface area contributed by atoms with Gasteiger partial charge in [0.05, 0.1) is 12.3 Å². The highest BCUT2D eigenvalue weighted by atomic mass is 16.5. The van der Waals surface area contributed by atoms with Crippen LogP contribution in [-0.2, 0) is 17.9 Å². The van der Waals surface area contributed by atoms with E-state index in [1.807, 2.05) is 24.3 Å². The summed E-state index contributed by atoms with van der Waals surface area (Å²) in [6.45, 7) is 2.24. The number of hydrogen-bond acceptors (Lipinski definition) is 3. The van der Waals surface area contributed by atoms with Crippen LogP contribution in [0, 0.1) is 0 Å². The second-order valence-electron chi connectivity index (χ2n) is 3.91. The van der Waals surface area contributed by atoms with Crippen LogP contribution in [0.4, 0.5) is 5.69 Å². The Kier molecular flexibility index (Phi) is 2.15. The molecule has 4 nitrogen and oxygen atoms in total. The van der Waals surface area contributed by atoms with E-state index in [1.54, 1.807) is 0 Å². The molecular weight excluding hydrogens is 202 g/mol. The van der Waals surface area contributed by atoms with Gasteiger partial charge in [-0.2, -0.15) is 0 Å². The summed E-state index contributed by atoms with van der Waals surface area (Å²) >= 11 is 0. The molecular formula is C12H13N3O. The molecule has 1 aliphatic rings. The minimum atomic E-state index is 0.600. The lowest BCUT2D eigenvalue weighted by Crippen LogP contribution is -2.15. The van der Waals surface area contributed by atoms with Gasteiger partial charge in [-0.3, -0.25) is 0 Å². The first kappa shape index (κ1) is 9.42. The van der Waals surface area contributed by atoms with Crippen molar-refractivity contribution < 1.29 is 4.74 Å². The molecule has 4 heteroatoms. The summed E-state index contributed by atoms with van der Waals surface area (Å²) < 4.78 is 7.50. The van der Waals surface area contributed by atoms with Gasteiger partial charge in [-0.1, -0.05) is 12.1 Å². The number of hydrogen-bond donors (Lipinski definition) is 1. The average Bonchev–Trinajstić information content (AvgIpc) is 2.72. The van der Waals surface area contributed by atoms with Gasteiger partial charge in [0, 0.05) is 24.0 Å². The van der Waals surface area contributed by atoms with Crippen LogP contribution >= 0.6 is 0 Å². The number of nitrogens with zero attached hydrogens (tertiary/aromatic N) is 2. The quantitative estimate of drug-likeness (QED) is 0.736. The number of imidazole rings is 1. The Hall–Kier alpha value is -1.81. The van der Waals surface area contributed by atoms with Gasteiger partial charge < -0.3 is 15.0 Å². The van der Waals surface area contributed by atoms with Gasteiger partial charge in [0.25, 0.3) is 0 Å². The fourth-order valence-electron chi connectivity index (χ4n) is 1.93. The van der Waals surface area contributed by atoms with Crippen molar-refractivity contribution in [2.24, 2.45) is 0 Å².